The molecule has 4 nitrogen and oxygen atoms in total. The zero-order valence-corrected chi connectivity index (χ0v) is 18.7. The maximum Gasteiger partial charge on any atom is 0.256 e. The summed E-state index contributed by atoms with van der Waals surface area (Å²) in [5.41, 5.74) is 4.38. The Morgan fingerprint density at radius 3 is 2.59 bits per heavy atom. The highest BCUT2D eigenvalue weighted by Crippen LogP contribution is 2.33. The van der Waals surface area contributed by atoms with Crippen LogP contribution in [-0.2, 0) is 6.42 Å². The van der Waals surface area contributed by atoms with E-state index in [0.29, 0.717) is 38.3 Å². The number of oxazole rings is 1. The minimum Gasteiger partial charge on any atom is -0.436 e. The number of fused-ring (bicyclic) bond motifs is 2. The van der Waals surface area contributed by atoms with E-state index in [4.69, 9.17) is 27.6 Å². The van der Waals surface area contributed by atoms with E-state index in [-0.39, 0.29) is 5.91 Å². The molecule has 0 saturated carbocycles. The van der Waals surface area contributed by atoms with Crippen molar-refractivity contribution in [2.45, 2.75) is 13.3 Å². The Balaban J connectivity index is 1.50. The third kappa shape index (κ3) is 3.72. The summed E-state index contributed by atoms with van der Waals surface area (Å²) in [6, 6.07) is 22.2. The van der Waals surface area contributed by atoms with Gasteiger partial charge in [-0.2, -0.15) is 0 Å². The lowest BCUT2D eigenvalue weighted by Gasteiger charge is -2.10. The number of hydrogen-bond donors (Lipinski definition) is 1. The molecule has 1 N–H and O–H groups in total. The molecule has 0 atom stereocenters. The van der Waals surface area contributed by atoms with E-state index in [1.807, 2.05) is 42.5 Å². The fourth-order valence-electron chi connectivity index (χ4n) is 3.74. The van der Waals surface area contributed by atoms with E-state index < -0.39 is 0 Å². The number of nitrogens with zero attached hydrogens (tertiary/aromatic N) is 1. The van der Waals surface area contributed by atoms with Crippen LogP contribution in [-0.4, -0.2) is 10.9 Å². The summed E-state index contributed by atoms with van der Waals surface area (Å²) in [5.74, 6) is 0.169. The summed E-state index contributed by atoms with van der Waals surface area (Å²) in [7, 11) is 0. The normalized spacial score (nSPS) is 11.2. The van der Waals surface area contributed by atoms with Crippen LogP contribution in [0.5, 0.6) is 0 Å². The summed E-state index contributed by atoms with van der Waals surface area (Å²) in [5, 5.41) is 5.66. The summed E-state index contributed by atoms with van der Waals surface area (Å²) < 4.78 is 5.93. The predicted molar refractivity (Wildman–Crippen MR) is 131 cm³/mol. The molecule has 0 aliphatic rings. The fourth-order valence-corrected chi connectivity index (χ4v) is 4.18. The average Bonchev–Trinajstić information content (AvgIpc) is 3.23. The van der Waals surface area contributed by atoms with Gasteiger partial charge in [0.15, 0.2) is 5.58 Å². The first-order chi connectivity index (χ1) is 15.5. The number of carbonyl (C=O) groups excluding carboxylic acids is 1. The van der Waals surface area contributed by atoms with Crippen molar-refractivity contribution in [1.29, 1.82) is 0 Å². The fraction of sp³-hybridized carbons (Fsp3) is 0.0769. The van der Waals surface area contributed by atoms with Gasteiger partial charge in [-0.1, -0.05) is 60.5 Å². The number of benzene rings is 4. The van der Waals surface area contributed by atoms with Crippen molar-refractivity contribution in [2.24, 2.45) is 0 Å². The Hall–Kier alpha value is -3.34. The van der Waals surface area contributed by atoms with E-state index in [0.717, 1.165) is 22.7 Å². The second-order valence-corrected chi connectivity index (χ2v) is 8.28. The number of amides is 1. The highest BCUT2D eigenvalue weighted by molar-refractivity contribution is 6.36. The summed E-state index contributed by atoms with van der Waals surface area (Å²) >= 11 is 12.7. The Labute approximate surface area is 194 Å². The Morgan fingerprint density at radius 1 is 0.938 bits per heavy atom. The Kier molecular flexibility index (Phi) is 5.33. The number of hydrogen-bond acceptors (Lipinski definition) is 3. The molecule has 0 fully saturated rings. The van der Waals surface area contributed by atoms with Crippen LogP contribution in [0.15, 0.2) is 77.2 Å². The molecule has 4 aromatic carbocycles. The maximum absolute atomic E-state index is 13.1. The molecule has 5 rings (SSSR count). The Morgan fingerprint density at radius 2 is 1.75 bits per heavy atom. The SMILES string of the molecule is CCc1ccc2oc(-c3cc(NC(=O)c4cccc5c(Cl)cccc45)ccc3Cl)nc2c1. The third-order valence-electron chi connectivity index (χ3n) is 5.43. The topological polar surface area (TPSA) is 55.1 Å². The van der Waals surface area contributed by atoms with E-state index in [9.17, 15) is 4.79 Å². The molecule has 5 aromatic rings. The van der Waals surface area contributed by atoms with Gasteiger partial charge in [0.1, 0.15) is 5.52 Å². The van der Waals surface area contributed by atoms with Crippen molar-refractivity contribution in [2.75, 3.05) is 5.32 Å². The van der Waals surface area contributed by atoms with Crippen LogP contribution in [0.2, 0.25) is 10.0 Å². The number of rotatable bonds is 4. The van der Waals surface area contributed by atoms with Gasteiger partial charge in [0.2, 0.25) is 5.89 Å². The molecular formula is C26H18Cl2N2O2. The molecule has 0 unspecified atom stereocenters. The number of carbonyl (C=O) groups is 1. The lowest BCUT2D eigenvalue weighted by atomic mass is 10.0. The van der Waals surface area contributed by atoms with Gasteiger partial charge in [0.05, 0.1) is 10.6 Å². The molecule has 0 aliphatic heterocycles. The second kappa shape index (κ2) is 8.30. The standard InChI is InChI=1S/C26H18Cl2N2O2/c1-2-15-9-12-24-23(13-15)30-26(32-24)20-14-16(10-11-22(20)28)29-25(31)19-7-3-6-18-17(19)5-4-8-21(18)27/h3-14H,2H2,1H3,(H,29,31). The van der Waals surface area contributed by atoms with Crippen molar-refractivity contribution in [3.05, 3.63) is 94.0 Å². The minimum absolute atomic E-state index is 0.240. The molecular weight excluding hydrogens is 443 g/mol. The van der Waals surface area contributed by atoms with Gasteiger partial charge in [-0.15, -0.1) is 0 Å². The highest BCUT2D eigenvalue weighted by Gasteiger charge is 2.16. The number of nitrogens with one attached hydrogen (secondary N) is 1. The molecule has 32 heavy (non-hydrogen) atoms. The molecule has 0 spiro atoms. The van der Waals surface area contributed by atoms with Crippen LogP contribution in [0.3, 0.4) is 0 Å². The van der Waals surface area contributed by atoms with Gasteiger partial charge < -0.3 is 9.73 Å². The van der Waals surface area contributed by atoms with Gasteiger partial charge in [-0.05, 0) is 59.8 Å². The lowest BCUT2D eigenvalue weighted by Crippen LogP contribution is -2.12. The first-order valence-electron chi connectivity index (χ1n) is 10.2. The molecule has 6 heteroatoms. The molecule has 0 bridgehead atoms. The highest BCUT2D eigenvalue weighted by atomic mass is 35.5. The van der Waals surface area contributed by atoms with Gasteiger partial charge in [-0.25, -0.2) is 4.98 Å². The van der Waals surface area contributed by atoms with Gasteiger partial charge >= 0.3 is 0 Å². The number of anilines is 1. The van der Waals surface area contributed by atoms with Crippen molar-refractivity contribution in [3.8, 4) is 11.5 Å². The summed E-state index contributed by atoms with van der Waals surface area (Å²) in [6.07, 6.45) is 0.916. The van der Waals surface area contributed by atoms with Crippen LogP contribution in [0.1, 0.15) is 22.8 Å². The van der Waals surface area contributed by atoms with E-state index in [1.165, 1.54) is 5.56 Å². The molecule has 158 valence electrons. The molecule has 1 heterocycles. The minimum atomic E-state index is -0.240. The second-order valence-electron chi connectivity index (χ2n) is 7.46. The van der Waals surface area contributed by atoms with E-state index in [2.05, 4.69) is 17.2 Å². The Bertz CT molecular complexity index is 1490. The van der Waals surface area contributed by atoms with Gasteiger partial charge in [-0.3, -0.25) is 4.79 Å². The third-order valence-corrected chi connectivity index (χ3v) is 6.09. The van der Waals surface area contributed by atoms with E-state index in [1.54, 1.807) is 30.3 Å². The smallest absolute Gasteiger partial charge is 0.256 e. The van der Waals surface area contributed by atoms with Gasteiger partial charge in [0.25, 0.3) is 5.91 Å². The molecule has 0 saturated heterocycles. The van der Waals surface area contributed by atoms with Crippen LogP contribution < -0.4 is 5.32 Å². The van der Waals surface area contributed by atoms with Crippen LogP contribution in [0.25, 0.3) is 33.3 Å². The van der Waals surface area contributed by atoms with Crippen LogP contribution in [0, 0.1) is 0 Å². The molecule has 1 amide bonds. The summed E-state index contributed by atoms with van der Waals surface area (Å²) in [4.78, 5) is 17.7. The first-order valence-corrected chi connectivity index (χ1v) is 11.0. The molecule has 0 aliphatic carbocycles. The quantitative estimate of drug-likeness (QED) is 0.298. The largest absolute Gasteiger partial charge is 0.436 e. The van der Waals surface area contributed by atoms with Crippen LogP contribution >= 0.6 is 23.2 Å². The summed E-state index contributed by atoms with van der Waals surface area (Å²) in [6.45, 7) is 2.09. The van der Waals surface area contributed by atoms with Crippen molar-refractivity contribution >= 4 is 56.7 Å². The lowest BCUT2D eigenvalue weighted by molar-refractivity contribution is 0.102. The maximum atomic E-state index is 13.1. The number of aryl methyl sites for hydroxylation is 1. The zero-order chi connectivity index (χ0) is 22.2. The van der Waals surface area contributed by atoms with Crippen molar-refractivity contribution in [1.82, 2.24) is 4.98 Å². The molecule has 1 aromatic heterocycles. The zero-order valence-electron chi connectivity index (χ0n) is 17.2. The predicted octanol–water partition coefficient (Wildman–Crippen LogP) is 7.77. The number of aromatic nitrogens is 1. The van der Waals surface area contributed by atoms with E-state index >= 15 is 0 Å². The number of halogens is 2. The average molecular weight is 461 g/mol. The monoisotopic (exact) mass is 460 g/mol. The first kappa shape index (κ1) is 20.6. The van der Waals surface area contributed by atoms with Crippen molar-refractivity contribution < 1.29 is 9.21 Å². The molecule has 0 radical (unpaired) electrons. The van der Waals surface area contributed by atoms with Gasteiger partial charge in [0, 0.05) is 21.7 Å². The van der Waals surface area contributed by atoms with Crippen molar-refractivity contribution in [3.63, 3.8) is 0 Å². The van der Waals surface area contributed by atoms with Crippen LogP contribution in [0.4, 0.5) is 5.69 Å².